The van der Waals surface area contributed by atoms with Gasteiger partial charge >= 0.3 is 0 Å². The Labute approximate surface area is 152 Å². The second-order valence-electron chi connectivity index (χ2n) is 6.05. The Bertz CT molecular complexity index is 856. The summed E-state index contributed by atoms with van der Waals surface area (Å²) in [7, 11) is 0. The van der Waals surface area contributed by atoms with E-state index in [1.807, 2.05) is 61.5 Å². The molecule has 2 aromatic carbocycles. The van der Waals surface area contributed by atoms with E-state index in [-0.39, 0.29) is 11.7 Å². The zero-order valence-electron chi connectivity index (χ0n) is 14.4. The monoisotopic (exact) mass is 348 g/mol. The number of anilines is 1. The van der Waals surface area contributed by atoms with Crippen molar-refractivity contribution in [3.8, 4) is 0 Å². The van der Waals surface area contributed by atoms with Crippen molar-refractivity contribution in [2.45, 2.75) is 19.4 Å². The van der Waals surface area contributed by atoms with Gasteiger partial charge in [-0.3, -0.25) is 9.59 Å². The van der Waals surface area contributed by atoms with Crippen molar-refractivity contribution in [3.05, 3.63) is 89.9 Å². The van der Waals surface area contributed by atoms with Crippen LogP contribution in [-0.4, -0.2) is 17.9 Å². The molecule has 2 amide bonds. The average molecular weight is 348 g/mol. The minimum absolute atomic E-state index is 0.172. The summed E-state index contributed by atoms with van der Waals surface area (Å²) in [5, 5.41) is 5.61. The number of amides is 2. The summed E-state index contributed by atoms with van der Waals surface area (Å²) in [5.41, 5.74) is 2.75. The fourth-order valence-electron chi connectivity index (χ4n) is 2.56. The van der Waals surface area contributed by atoms with Crippen molar-refractivity contribution in [2.24, 2.45) is 0 Å². The Balaban J connectivity index is 1.75. The standard InChI is InChI=1S/C21H20N2O3/c1-15-9-11-17(12-10-15)22-20(24)18(14-16-6-3-2-4-7-16)23-21(25)19-8-5-13-26-19/h2-13,18H,14H2,1H3,(H,22,24)(H,23,25)/t18-/m1/s1. The maximum atomic E-state index is 12.8. The molecular weight excluding hydrogens is 328 g/mol. The van der Waals surface area contributed by atoms with Crippen molar-refractivity contribution >= 4 is 17.5 Å². The number of hydrogen-bond acceptors (Lipinski definition) is 3. The van der Waals surface area contributed by atoms with Gasteiger partial charge in [0.15, 0.2) is 5.76 Å². The van der Waals surface area contributed by atoms with E-state index in [1.54, 1.807) is 12.1 Å². The second kappa shape index (κ2) is 8.16. The summed E-state index contributed by atoms with van der Waals surface area (Å²) in [6.45, 7) is 1.98. The lowest BCUT2D eigenvalue weighted by Gasteiger charge is -2.18. The molecule has 26 heavy (non-hydrogen) atoms. The molecule has 3 aromatic rings. The number of carbonyl (C=O) groups excluding carboxylic acids is 2. The molecule has 0 radical (unpaired) electrons. The number of rotatable bonds is 6. The topological polar surface area (TPSA) is 71.3 Å². The van der Waals surface area contributed by atoms with Gasteiger partial charge < -0.3 is 15.1 Å². The van der Waals surface area contributed by atoms with Gasteiger partial charge in [-0.05, 0) is 36.8 Å². The van der Waals surface area contributed by atoms with Gasteiger partial charge in [-0.1, -0.05) is 48.0 Å². The summed E-state index contributed by atoms with van der Waals surface area (Å²) in [6.07, 6.45) is 1.80. The van der Waals surface area contributed by atoms with Crippen molar-refractivity contribution in [1.29, 1.82) is 0 Å². The van der Waals surface area contributed by atoms with Gasteiger partial charge in [0.1, 0.15) is 6.04 Å². The van der Waals surface area contributed by atoms with Gasteiger partial charge in [0.25, 0.3) is 5.91 Å². The van der Waals surface area contributed by atoms with Gasteiger partial charge in [-0.2, -0.15) is 0 Å². The predicted molar refractivity (Wildman–Crippen MR) is 99.9 cm³/mol. The van der Waals surface area contributed by atoms with E-state index in [0.29, 0.717) is 12.1 Å². The van der Waals surface area contributed by atoms with Crippen LogP contribution < -0.4 is 10.6 Å². The fourth-order valence-corrected chi connectivity index (χ4v) is 2.56. The normalized spacial score (nSPS) is 11.6. The number of nitrogens with one attached hydrogen (secondary N) is 2. The molecule has 0 bridgehead atoms. The van der Waals surface area contributed by atoms with Crippen LogP contribution in [0.15, 0.2) is 77.4 Å². The first kappa shape index (κ1) is 17.5. The molecular formula is C21H20N2O3. The molecule has 0 aliphatic carbocycles. The minimum Gasteiger partial charge on any atom is -0.459 e. The molecule has 0 aliphatic heterocycles. The molecule has 2 N–H and O–H groups in total. The van der Waals surface area contributed by atoms with Crippen molar-refractivity contribution in [2.75, 3.05) is 5.32 Å². The van der Waals surface area contributed by atoms with Gasteiger partial charge in [0.2, 0.25) is 5.91 Å². The molecule has 0 saturated carbocycles. The van der Waals surface area contributed by atoms with E-state index in [2.05, 4.69) is 10.6 Å². The predicted octanol–water partition coefficient (Wildman–Crippen LogP) is 3.57. The van der Waals surface area contributed by atoms with Crippen LogP contribution in [0.2, 0.25) is 0 Å². The highest BCUT2D eigenvalue weighted by molar-refractivity contribution is 6.00. The van der Waals surface area contributed by atoms with E-state index in [4.69, 9.17) is 4.42 Å². The number of furan rings is 1. The van der Waals surface area contributed by atoms with Crippen LogP contribution in [0.25, 0.3) is 0 Å². The quantitative estimate of drug-likeness (QED) is 0.715. The molecule has 0 saturated heterocycles. The SMILES string of the molecule is Cc1ccc(NC(=O)[C@@H](Cc2ccccc2)NC(=O)c2ccco2)cc1. The lowest BCUT2D eigenvalue weighted by molar-refractivity contribution is -0.118. The number of aryl methyl sites for hydroxylation is 1. The maximum absolute atomic E-state index is 12.8. The summed E-state index contributed by atoms with van der Waals surface area (Å²) in [5.74, 6) is -0.529. The molecule has 0 aliphatic rings. The van der Waals surface area contributed by atoms with Crippen LogP contribution in [0.5, 0.6) is 0 Å². The molecule has 0 unspecified atom stereocenters. The molecule has 1 heterocycles. The second-order valence-corrected chi connectivity index (χ2v) is 6.05. The Morgan fingerprint density at radius 3 is 2.35 bits per heavy atom. The first-order chi connectivity index (χ1) is 12.6. The number of hydrogen-bond donors (Lipinski definition) is 2. The van der Waals surface area contributed by atoms with Crippen LogP contribution in [-0.2, 0) is 11.2 Å². The third kappa shape index (κ3) is 4.60. The van der Waals surface area contributed by atoms with Crippen LogP contribution in [0.4, 0.5) is 5.69 Å². The van der Waals surface area contributed by atoms with E-state index in [0.717, 1.165) is 11.1 Å². The molecule has 5 heteroatoms. The smallest absolute Gasteiger partial charge is 0.287 e. The van der Waals surface area contributed by atoms with Crippen LogP contribution >= 0.6 is 0 Å². The van der Waals surface area contributed by atoms with Crippen molar-refractivity contribution in [1.82, 2.24) is 5.32 Å². The molecule has 1 aromatic heterocycles. The van der Waals surface area contributed by atoms with Gasteiger partial charge in [-0.15, -0.1) is 0 Å². The first-order valence-corrected chi connectivity index (χ1v) is 8.37. The fraction of sp³-hybridized carbons (Fsp3) is 0.143. The van der Waals surface area contributed by atoms with Crippen LogP contribution in [0.3, 0.4) is 0 Å². The van der Waals surface area contributed by atoms with Crippen LogP contribution in [0.1, 0.15) is 21.7 Å². The van der Waals surface area contributed by atoms with Gasteiger partial charge in [0.05, 0.1) is 6.26 Å². The zero-order chi connectivity index (χ0) is 18.4. The Morgan fingerprint density at radius 2 is 1.69 bits per heavy atom. The van der Waals surface area contributed by atoms with Crippen molar-refractivity contribution < 1.29 is 14.0 Å². The lowest BCUT2D eigenvalue weighted by atomic mass is 10.0. The lowest BCUT2D eigenvalue weighted by Crippen LogP contribution is -2.45. The highest BCUT2D eigenvalue weighted by Gasteiger charge is 2.23. The molecule has 1 atom stereocenters. The minimum atomic E-state index is -0.726. The molecule has 132 valence electrons. The highest BCUT2D eigenvalue weighted by Crippen LogP contribution is 2.11. The number of benzene rings is 2. The Hall–Kier alpha value is -3.34. The largest absolute Gasteiger partial charge is 0.459 e. The summed E-state index contributed by atoms with van der Waals surface area (Å²) in [4.78, 5) is 25.1. The molecule has 5 nitrogen and oxygen atoms in total. The number of carbonyl (C=O) groups is 2. The summed E-state index contributed by atoms with van der Waals surface area (Å²) < 4.78 is 5.11. The van der Waals surface area contributed by atoms with E-state index >= 15 is 0 Å². The molecule has 3 rings (SSSR count). The van der Waals surface area contributed by atoms with E-state index < -0.39 is 11.9 Å². The summed E-state index contributed by atoms with van der Waals surface area (Å²) in [6, 6.07) is 19.5. The van der Waals surface area contributed by atoms with Gasteiger partial charge in [0, 0.05) is 12.1 Å². The zero-order valence-corrected chi connectivity index (χ0v) is 14.4. The highest BCUT2D eigenvalue weighted by atomic mass is 16.3. The molecule has 0 fully saturated rings. The van der Waals surface area contributed by atoms with E-state index in [9.17, 15) is 9.59 Å². The van der Waals surface area contributed by atoms with Gasteiger partial charge in [-0.25, -0.2) is 0 Å². The molecule has 0 spiro atoms. The maximum Gasteiger partial charge on any atom is 0.287 e. The third-order valence-electron chi connectivity index (χ3n) is 3.97. The average Bonchev–Trinajstić information content (AvgIpc) is 3.19. The summed E-state index contributed by atoms with van der Waals surface area (Å²) >= 11 is 0. The van der Waals surface area contributed by atoms with E-state index in [1.165, 1.54) is 6.26 Å². The first-order valence-electron chi connectivity index (χ1n) is 8.37. The Morgan fingerprint density at radius 1 is 0.962 bits per heavy atom. The van der Waals surface area contributed by atoms with Crippen LogP contribution in [0, 0.1) is 6.92 Å². The Kier molecular flexibility index (Phi) is 5.49. The third-order valence-corrected chi connectivity index (χ3v) is 3.97. The van der Waals surface area contributed by atoms with Crippen molar-refractivity contribution in [3.63, 3.8) is 0 Å².